The van der Waals surface area contributed by atoms with Gasteiger partial charge in [-0.1, -0.05) is 11.6 Å². The molecule has 0 heterocycles. The van der Waals surface area contributed by atoms with Gasteiger partial charge < -0.3 is 20.3 Å². The first-order valence-electron chi connectivity index (χ1n) is 4.34. The second kappa shape index (κ2) is 6.32. The molecule has 14 heavy (non-hydrogen) atoms. The van der Waals surface area contributed by atoms with Crippen molar-refractivity contribution in [3.63, 3.8) is 0 Å². The predicted molar refractivity (Wildman–Crippen MR) is 55.1 cm³/mol. The molecule has 0 aliphatic carbocycles. The van der Waals surface area contributed by atoms with E-state index in [1.807, 2.05) is 0 Å². The van der Waals surface area contributed by atoms with Gasteiger partial charge >= 0.3 is 7.60 Å². The fourth-order valence-corrected chi connectivity index (χ4v) is 1.88. The van der Waals surface area contributed by atoms with E-state index in [2.05, 4.69) is 0 Å². The van der Waals surface area contributed by atoms with E-state index in [0.717, 1.165) is 0 Å². The minimum Gasteiger partial charge on any atom is -0.384 e. The van der Waals surface area contributed by atoms with Gasteiger partial charge in [0.15, 0.2) is 0 Å². The van der Waals surface area contributed by atoms with Gasteiger partial charge in [0.05, 0.1) is 6.16 Å². The third-order valence-electron chi connectivity index (χ3n) is 1.53. The van der Waals surface area contributed by atoms with E-state index < -0.39 is 7.60 Å². The lowest BCUT2D eigenvalue weighted by molar-refractivity contribution is 0.202. The molecule has 4 N–H and O–H groups in total. The zero-order valence-electron chi connectivity index (χ0n) is 8.51. The highest BCUT2D eigenvalue weighted by Crippen LogP contribution is 2.37. The number of nitrogens with two attached hydrogens (primary N) is 1. The minimum absolute atomic E-state index is 0.201. The monoisotopic (exact) mass is 223 g/mol. The molecule has 0 aliphatic rings. The summed E-state index contributed by atoms with van der Waals surface area (Å²) in [5.41, 5.74) is 6.16. The van der Waals surface area contributed by atoms with Crippen LogP contribution in [0.5, 0.6) is 0 Å². The van der Waals surface area contributed by atoms with Crippen LogP contribution in [-0.4, -0.2) is 35.7 Å². The molecular formula is C8H18NO4P. The number of hydrogen-bond acceptors (Lipinski definition) is 3. The highest BCUT2D eigenvalue weighted by Gasteiger charge is 2.15. The van der Waals surface area contributed by atoms with Gasteiger partial charge in [-0.3, -0.25) is 4.57 Å². The largest absolute Gasteiger partial charge is 0.384 e. The number of hydrogen-bond donors (Lipinski definition) is 3. The second-order valence-corrected chi connectivity index (χ2v) is 4.90. The van der Waals surface area contributed by atoms with E-state index in [1.165, 1.54) is 0 Å². The van der Waals surface area contributed by atoms with Crippen LogP contribution < -0.4 is 5.73 Å². The summed E-state index contributed by atoms with van der Waals surface area (Å²) in [5, 5.41) is 0. The molecule has 0 aromatic heterocycles. The van der Waals surface area contributed by atoms with Crippen LogP contribution in [0.3, 0.4) is 0 Å². The van der Waals surface area contributed by atoms with Crippen molar-refractivity contribution in [3.05, 3.63) is 11.6 Å². The minimum atomic E-state index is -4.00. The Hall–Kier alpha value is -0.190. The molecule has 0 radical (unpaired) electrons. The second-order valence-electron chi connectivity index (χ2n) is 3.25. The van der Waals surface area contributed by atoms with Crippen LogP contribution >= 0.6 is 7.60 Å². The summed E-state index contributed by atoms with van der Waals surface area (Å²) in [6.07, 6.45) is 1.93. The predicted octanol–water partition coefficient (Wildman–Crippen LogP) is 0.474. The summed E-state index contributed by atoms with van der Waals surface area (Å²) in [5.74, 6) is 0. The molecule has 0 aromatic carbocycles. The first-order valence-corrected chi connectivity index (χ1v) is 6.13. The van der Waals surface area contributed by atoms with Crippen molar-refractivity contribution in [2.24, 2.45) is 5.73 Å². The maximum atomic E-state index is 10.8. The number of rotatable bonds is 6. The van der Waals surface area contributed by atoms with Gasteiger partial charge in [-0.25, -0.2) is 0 Å². The van der Waals surface area contributed by atoms with Gasteiger partial charge in [0, 0.05) is 19.8 Å². The molecule has 0 spiro atoms. The van der Waals surface area contributed by atoms with E-state index in [0.29, 0.717) is 18.6 Å². The van der Waals surface area contributed by atoms with Gasteiger partial charge in [0.25, 0.3) is 0 Å². The van der Waals surface area contributed by atoms with Gasteiger partial charge in [-0.15, -0.1) is 0 Å². The highest BCUT2D eigenvalue weighted by molar-refractivity contribution is 7.52. The van der Waals surface area contributed by atoms with Crippen LogP contribution in [0.2, 0.25) is 0 Å². The lowest BCUT2D eigenvalue weighted by Gasteiger charge is -2.10. The van der Waals surface area contributed by atoms with Crippen molar-refractivity contribution in [3.8, 4) is 0 Å². The van der Waals surface area contributed by atoms with E-state index in [-0.39, 0.29) is 12.2 Å². The Bertz CT molecular complexity index is 233. The maximum Gasteiger partial charge on any atom is 0.329 e. The fourth-order valence-electron chi connectivity index (χ4n) is 1.08. The average molecular weight is 223 g/mol. The van der Waals surface area contributed by atoms with Crippen LogP contribution in [0.4, 0.5) is 0 Å². The molecule has 0 aliphatic heterocycles. The van der Waals surface area contributed by atoms with Gasteiger partial charge in [-0.05, 0) is 13.3 Å². The SMILES string of the molecule is COCCC(=C[C@H](C)N)CP(=O)(O)O. The first-order chi connectivity index (χ1) is 6.35. The van der Waals surface area contributed by atoms with Crippen molar-refractivity contribution >= 4 is 7.60 Å². The summed E-state index contributed by atoms with van der Waals surface area (Å²) < 4.78 is 15.6. The zero-order valence-corrected chi connectivity index (χ0v) is 9.41. The van der Waals surface area contributed by atoms with Crippen molar-refractivity contribution in [2.45, 2.75) is 19.4 Å². The van der Waals surface area contributed by atoms with Crippen molar-refractivity contribution in [2.75, 3.05) is 19.9 Å². The Morgan fingerprint density at radius 1 is 1.64 bits per heavy atom. The van der Waals surface area contributed by atoms with Crippen LogP contribution in [0.1, 0.15) is 13.3 Å². The molecule has 0 unspecified atom stereocenters. The smallest absolute Gasteiger partial charge is 0.329 e. The summed E-state index contributed by atoms with van der Waals surface area (Å²) >= 11 is 0. The average Bonchev–Trinajstić information content (AvgIpc) is 1.96. The maximum absolute atomic E-state index is 10.8. The van der Waals surface area contributed by atoms with E-state index in [9.17, 15) is 4.57 Å². The van der Waals surface area contributed by atoms with E-state index in [4.69, 9.17) is 20.3 Å². The first kappa shape index (κ1) is 13.8. The van der Waals surface area contributed by atoms with Crippen LogP contribution in [-0.2, 0) is 9.30 Å². The Morgan fingerprint density at radius 3 is 2.57 bits per heavy atom. The number of methoxy groups -OCH3 is 1. The van der Waals surface area contributed by atoms with Gasteiger partial charge in [-0.2, -0.15) is 0 Å². The van der Waals surface area contributed by atoms with Gasteiger partial charge in [0.1, 0.15) is 0 Å². The molecule has 0 rings (SSSR count). The van der Waals surface area contributed by atoms with Crippen molar-refractivity contribution < 1.29 is 19.1 Å². The van der Waals surface area contributed by atoms with Crippen molar-refractivity contribution in [1.82, 2.24) is 0 Å². The molecular weight excluding hydrogens is 205 g/mol. The summed E-state index contributed by atoms with van der Waals surface area (Å²) in [7, 11) is -2.46. The van der Waals surface area contributed by atoms with Crippen LogP contribution in [0, 0.1) is 0 Å². The molecule has 0 bridgehead atoms. The van der Waals surface area contributed by atoms with Crippen LogP contribution in [0.15, 0.2) is 11.6 Å². The Morgan fingerprint density at radius 2 is 2.21 bits per heavy atom. The molecule has 84 valence electrons. The molecule has 6 heteroatoms. The van der Waals surface area contributed by atoms with Gasteiger partial charge in [0.2, 0.25) is 0 Å². The van der Waals surface area contributed by atoms with Crippen LogP contribution in [0.25, 0.3) is 0 Å². The van der Waals surface area contributed by atoms with E-state index in [1.54, 1.807) is 20.1 Å². The lowest BCUT2D eigenvalue weighted by Crippen LogP contribution is -2.13. The third kappa shape index (κ3) is 8.41. The third-order valence-corrected chi connectivity index (χ3v) is 2.35. The topological polar surface area (TPSA) is 92.8 Å². The quantitative estimate of drug-likeness (QED) is 0.449. The Labute approximate surface area is 84.1 Å². The summed E-state index contributed by atoms with van der Waals surface area (Å²) in [4.78, 5) is 17.6. The molecule has 1 atom stereocenters. The molecule has 0 saturated carbocycles. The number of ether oxygens (including phenoxy) is 1. The highest BCUT2D eigenvalue weighted by atomic mass is 31.2. The van der Waals surface area contributed by atoms with Crippen molar-refractivity contribution in [1.29, 1.82) is 0 Å². The fraction of sp³-hybridized carbons (Fsp3) is 0.750. The summed E-state index contributed by atoms with van der Waals surface area (Å²) in [6.45, 7) is 2.20. The molecule has 0 aromatic rings. The van der Waals surface area contributed by atoms with E-state index >= 15 is 0 Å². The Kier molecular flexibility index (Phi) is 6.24. The lowest BCUT2D eigenvalue weighted by atomic mass is 10.1. The zero-order chi connectivity index (χ0) is 11.2. The normalized spacial score (nSPS) is 15.6. The summed E-state index contributed by atoms with van der Waals surface area (Å²) in [6, 6.07) is -0.201. The molecule has 0 amide bonds. The Balaban J connectivity index is 4.33. The molecule has 0 fully saturated rings. The molecule has 0 saturated heterocycles. The molecule has 5 nitrogen and oxygen atoms in total. The standard InChI is InChI=1S/C8H18NO4P/c1-7(9)5-8(3-4-13-2)6-14(10,11)12/h5,7H,3-4,6,9H2,1-2H3,(H2,10,11,12)/t7-/m0/s1.